The van der Waals surface area contributed by atoms with E-state index in [1.807, 2.05) is 0 Å². The number of hydrogen-bond donors (Lipinski definition) is 0. The van der Waals surface area contributed by atoms with Gasteiger partial charge in [-0.25, -0.2) is 0 Å². The van der Waals surface area contributed by atoms with E-state index < -0.39 is 8.07 Å². The van der Waals surface area contributed by atoms with E-state index in [0.717, 1.165) is 0 Å². The van der Waals surface area contributed by atoms with E-state index in [1.54, 1.807) is 0 Å². The normalized spacial score (nSPS) is 11.5. The van der Waals surface area contributed by atoms with Gasteiger partial charge in [-0.15, -0.1) is 11.5 Å². The van der Waals surface area contributed by atoms with Gasteiger partial charge in [-0.2, -0.15) is 0 Å². The molecule has 0 saturated heterocycles. The van der Waals surface area contributed by atoms with Crippen molar-refractivity contribution >= 4 is 23.6 Å². The third-order valence-electron chi connectivity index (χ3n) is 4.25. The van der Waals surface area contributed by atoms with Crippen molar-refractivity contribution in [3.8, 4) is 11.5 Å². The fourth-order valence-corrected chi connectivity index (χ4v) is 7.14. The minimum absolute atomic E-state index is 0.0312. The Bertz CT molecular complexity index is 767. The van der Waals surface area contributed by atoms with Gasteiger partial charge in [0.05, 0.1) is 0 Å². The molecule has 0 heterocycles. The second kappa shape index (κ2) is 7.13. The molecule has 0 radical (unpaired) electrons. The predicted molar refractivity (Wildman–Crippen MR) is 111 cm³/mol. The van der Waals surface area contributed by atoms with Crippen molar-refractivity contribution in [2.75, 3.05) is 0 Å². The molecule has 3 aromatic rings. The SMILES string of the molecule is CC(C)(C)C#C[Si](c1ccccc1)(c1ccccc1)c1ccccc1. The molecule has 3 aromatic carbocycles. The molecule has 0 N–H and O–H groups in total. The van der Waals surface area contributed by atoms with E-state index in [1.165, 1.54) is 15.6 Å². The van der Waals surface area contributed by atoms with Gasteiger partial charge in [0.1, 0.15) is 0 Å². The number of benzene rings is 3. The Morgan fingerprint density at radius 2 is 0.880 bits per heavy atom. The summed E-state index contributed by atoms with van der Waals surface area (Å²) in [6.07, 6.45) is 0. The second-order valence-corrected chi connectivity index (χ2v) is 10.8. The van der Waals surface area contributed by atoms with Gasteiger partial charge in [0, 0.05) is 5.41 Å². The summed E-state index contributed by atoms with van der Waals surface area (Å²) in [5, 5.41) is 4.01. The molecule has 0 saturated carbocycles. The second-order valence-electron chi connectivity index (χ2n) is 7.35. The van der Waals surface area contributed by atoms with Crippen LogP contribution in [-0.4, -0.2) is 8.07 Å². The van der Waals surface area contributed by atoms with Gasteiger partial charge < -0.3 is 0 Å². The maximum absolute atomic E-state index is 3.81. The Labute approximate surface area is 152 Å². The summed E-state index contributed by atoms with van der Waals surface area (Å²) in [6, 6.07) is 32.4. The molecular formula is C24H24Si. The van der Waals surface area contributed by atoms with Crippen molar-refractivity contribution in [3.05, 3.63) is 91.0 Å². The van der Waals surface area contributed by atoms with Gasteiger partial charge in [0.25, 0.3) is 0 Å². The summed E-state index contributed by atoms with van der Waals surface area (Å²) in [7, 11) is -2.39. The van der Waals surface area contributed by atoms with Crippen LogP contribution in [0.15, 0.2) is 91.0 Å². The van der Waals surface area contributed by atoms with Gasteiger partial charge in [-0.3, -0.25) is 0 Å². The van der Waals surface area contributed by atoms with Crippen LogP contribution in [0.3, 0.4) is 0 Å². The molecule has 0 aliphatic heterocycles. The zero-order valence-corrected chi connectivity index (χ0v) is 16.2. The van der Waals surface area contributed by atoms with Crippen molar-refractivity contribution < 1.29 is 0 Å². The van der Waals surface area contributed by atoms with Crippen LogP contribution in [0.2, 0.25) is 0 Å². The highest BCUT2D eigenvalue weighted by atomic mass is 28.3. The Kier molecular flexibility index (Phi) is 4.92. The Morgan fingerprint density at radius 3 is 1.16 bits per heavy atom. The third kappa shape index (κ3) is 3.76. The Balaban J connectivity index is 2.37. The highest BCUT2D eigenvalue weighted by molar-refractivity contribution is 7.16. The maximum atomic E-state index is 3.81. The monoisotopic (exact) mass is 340 g/mol. The Morgan fingerprint density at radius 1 is 0.560 bits per heavy atom. The van der Waals surface area contributed by atoms with E-state index in [-0.39, 0.29) is 5.41 Å². The lowest BCUT2D eigenvalue weighted by atomic mass is 9.99. The van der Waals surface area contributed by atoms with Crippen LogP contribution >= 0.6 is 0 Å². The molecule has 124 valence electrons. The van der Waals surface area contributed by atoms with Gasteiger partial charge in [0.15, 0.2) is 0 Å². The molecule has 0 aromatic heterocycles. The van der Waals surface area contributed by atoms with Crippen molar-refractivity contribution in [1.82, 2.24) is 0 Å². The summed E-state index contributed by atoms with van der Waals surface area (Å²) in [5.41, 5.74) is 3.78. The molecule has 0 atom stereocenters. The van der Waals surface area contributed by atoms with E-state index in [9.17, 15) is 0 Å². The smallest absolute Gasteiger partial charge is 0.114 e. The quantitative estimate of drug-likeness (QED) is 0.387. The summed E-state index contributed by atoms with van der Waals surface area (Å²) in [4.78, 5) is 0. The first kappa shape index (κ1) is 17.3. The molecule has 0 fully saturated rings. The first-order valence-electron chi connectivity index (χ1n) is 8.73. The van der Waals surface area contributed by atoms with Crippen LogP contribution in [0.1, 0.15) is 20.8 Å². The van der Waals surface area contributed by atoms with Crippen molar-refractivity contribution in [1.29, 1.82) is 0 Å². The van der Waals surface area contributed by atoms with E-state index in [0.29, 0.717) is 0 Å². The van der Waals surface area contributed by atoms with E-state index in [2.05, 4.69) is 123 Å². The molecule has 0 unspecified atom stereocenters. The first-order chi connectivity index (χ1) is 12.0. The van der Waals surface area contributed by atoms with Gasteiger partial charge in [-0.1, -0.05) is 91.0 Å². The summed E-state index contributed by atoms with van der Waals surface area (Å²) in [6.45, 7) is 6.54. The fourth-order valence-electron chi connectivity index (χ4n) is 3.06. The van der Waals surface area contributed by atoms with Gasteiger partial charge >= 0.3 is 0 Å². The van der Waals surface area contributed by atoms with Crippen molar-refractivity contribution in [2.24, 2.45) is 5.41 Å². The molecule has 0 aliphatic rings. The van der Waals surface area contributed by atoms with Crippen molar-refractivity contribution in [2.45, 2.75) is 20.8 Å². The molecule has 0 bridgehead atoms. The molecule has 0 aliphatic carbocycles. The predicted octanol–water partition coefficient (Wildman–Crippen LogP) is 3.75. The molecule has 3 rings (SSSR count). The summed E-state index contributed by atoms with van der Waals surface area (Å²) >= 11 is 0. The van der Waals surface area contributed by atoms with Crippen LogP contribution in [-0.2, 0) is 0 Å². The summed E-state index contributed by atoms with van der Waals surface area (Å²) < 4.78 is 0. The minimum Gasteiger partial charge on any atom is -0.114 e. The molecule has 25 heavy (non-hydrogen) atoms. The zero-order chi connectivity index (χ0) is 17.8. The standard InChI is InChI=1S/C24H24Si/c1-24(2,3)19-20-25(21-13-7-4-8-14-21,22-15-9-5-10-16-22)23-17-11-6-12-18-23/h4-18H,1-3H3. The van der Waals surface area contributed by atoms with E-state index in [4.69, 9.17) is 0 Å². The van der Waals surface area contributed by atoms with Gasteiger partial charge in [0.2, 0.25) is 8.07 Å². The average Bonchev–Trinajstić information content (AvgIpc) is 2.64. The van der Waals surface area contributed by atoms with Gasteiger partial charge in [-0.05, 0) is 36.3 Å². The first-order valence-corrected chi connectivity index (χ1v) is 10.7. The topological polar surface area (TPSA) is 0 Å². The lowest BCUT2D eigenvalue weighted by molar-refractivity contribution is 0.571. The Hall–Kier alpha value is -2.56. The van der Waals surface area contributed by atoms with Crippen LogP contribution in [0, 0.1) is 16.9 Å². The maximum Gasteiger partial charge on any atom is 0.229 e. The largest absolute Gasteiger partial charge is 0.229 e. The van der Waals surface area contributed by atoms with Crippen LogP contribution in [0.4, 0.5) is 0 Å². The molecule has 0 spiro atoms. The number of hydrogen-bond acceptors (Lipinski definition) is 0. The average molecular weight is 341 g/mol. The fraction of sp³-hybridized carbons (Fsp3) is 0.167. The molecule has 0 amide bonds. The van der Waals surface area contributed by atoms with Crippen LogP contribution in [0.25, 0.3) is 0 Å². The van der Waals surface area contributed by atoms with Crippen LogP contribution < -0.4 is 15.6 Å². The van der Waals surface area contributed by atoms with E-state index >= 15 is 0 Å². The molecular weight excluding hydrogens is 316 g/mol. The minimum atomic E-state index is -2.39. The highest BCUT2D eigenvalue weighted by Gasteiger charge is 2.38. The lowest BCUT2D eigenvalue weighted by Gasteiger charge is -2.28. The zero-order valence-electron chi connectivity index (χ0n) is 15.2. The third-order valence-corrected chi connectivity index (χ3v) is 8.34. The van der Waals surface area contributed by atoms with Crippen molar-refractivity contribution in [3.63, 3.8) is 0 Å². The number of rotatable bonds is 3. The van der Waals surface area contributed by atoms with Crippen LogP contribution in [0.5, 0.6) is 0 Å². The molecule has 0 nitrogen and oxygen atoms in total. The highest BCUT2D eigenvalue weighted by Crippen LogP contribution is 2.13. The summed E-state index contributed by atoms with van der Waals surface area (Å²) in [5.74, 6) is 3.57. The molecule has 1 heteroatoms. The lowest BCUT2D eigenvalue weighted by Crippen LogP contribution is -2.66.